The van der Waals surface area contributed by atoms with Gasteiger partial charge in [0.1, 0.15) is 0 Å². The Morgan fingerprint density at radius 3 is 2.84 bits per heavy atom. The van der Waals surface area contributed by atoms with Crippen LogP contribution in [0.25, 0.3) is 0 Å². The van der Waals surface area contributed by atoms with E-state index >= 15 is 0 Å². The summed E-state index contributed by atoms with van der Waals surface area (Å²) in [7, 11) is 1.75. The molecule has 2 unspecified atom stereocenters. The number of methoxy groups -OCH3 is 1. The molecule has 104 valence electrons. The van der Waals surface area contributed by atoms with Crippen LogP contribution in [0, 0.1) is 0 Å². The van der Waals surface area contributed by atoms with Crippen molar-refractivity contribution in [2.75, 3.05) is 20.2 Å². The number of halogens is 1. The van der Waals surface area contributed by atoms with E-state index in [1.165, 1.54) is 0 Å². The van der Waals surface area contributed by atoms with Gasteiger partial charge in [0.25, 0.3) is 0 Å². The van der Waals surface area contributed by atoms with E-state index in [1.807, 2.05) is 12.1 Å². The number of piperidine rings is 1. The predicted octanol–water partition coefficient (Wildman–Crippen LogP) is 3.02. The molecule has 2 rings (SSSR count). The second kappa shape index (κ2) is 6.51. The minimum absolute atomic E-state index is 0.0910. The molecule has 1 heterocycles. The smallest absolute Gasteiger partial charge is 0.178 e. The van der Waals surface area contributed by atoms with Gasteiger partial charge in [-0.05, 0) is 31.9 Å². The van der Waals surface area contributed by atoms with E-state index in [0.29, 0.717) is 29.3 Å². The molecule has 1 aliphatic rings. The number of ether oxygens (including phenoxy) is 1. The Kier molecular flexibility index (Phi) is 4.97. The topological polar surface area (TPSA) is 29.5 Å². The number of likely N-dealkylation sites (tertiary alicyclic amines) is 1. The Bertz CT molecular complexity index is 450. The summed E-state index contributed by atoms with van der Waals surface area (Å²) in [4.78, 5) is 14.5. The second-order valence-electron chi connectivity index (χ2n) is 5.10. The number of benzene rings is 1. The van der Waals surface area contributed by atoms with Crippen molar-refractivity contribution in [1.29, 1.82) is 0 Å². The summed E-state index contributed by atoms with van der Waals surface area (Å²) in [6.45, 7) is 3.47. The van der Waals surface area contributed by atoms with E-state index < -0.39 is 0 Å². The van der Waals surface area contributed by atoms with Gasteiger partial charge in [0.05, 0.1) is 17.7 Å². The highest BCUT2D eigenvalue weighted by atomic mass is 35.5. The maximum absolute atomic E-state index is 12.3. The van der Waals surface area contributed by atoms with E-state index in [1.54, 1.807) is 19.2 Å². The van der Waals surface area contributed by atoms with Crippen molar-refractivity contribution in [3.63, 3.8) is 0 Å². The summed E-state index contributed by atoms with van der Waals surface area (Å²) >= 11 is 6.06. The molecule has 0 radical (unpaired) electrons. The highest BCUT2D eigenvalue weighted by Gasteiger charge is 2.27. The van der Waals surface area contributed by atoms with Crippen LogP contribution in [0.3, 0.4) is 0 Å². The van der Waals surface area contributed by atoms with Crippen LogP contribution in [0.15, 0.2) is 24.3 Å². The van der Waals surface area contributed by atoms with Crippen LogP contribution < -0.4 is 0 Å². The molecule has 0 aliphatic carbocycles. The van der Waals surface area contributed by atoms with Crippen LogP contribution in [0.4, 0.5) is 0 Å². The molecule has 0 bridgehead atoms. The molecule has 2 atom stereocenters. The van der Waals surface area contributed by atoms with Gasteiger partial charge >= 0.3 is 0 Å². The lowest BCUT2D eigenvalue weighted by Crippen LogP contribution is -2.45. The van der Waals surface area contributed by atoms with Crippen LogP contribution in [-0.2, 0) is 4.74 Å². The monoisotopic (exact) mass is 281 g/mol. The first kappa shape index (κ1) is 14.5. The van der Waals surface area contributed by atoms with Crippen LogP contribution in [0.5, 0.6) is 0 Å². The Balaban J connectivity index is 1.98. The van der Waals surface area contributed by atoms with Crippen LogP contribution in [0.2, 0.25) is 5.02 Å². The third-order valence-electron chi connectivity index (χ3n) is 3.82. The average molecular weight is 282 g/mol. The fraction of sp³-hybridized carbons (Fsp3) is 0.533. The number of nitrogens with zero attached hydrogens (tertiary/aromatic N) is 1. The molecule has 1 fully saturated rings. The lowest BCUT2D eigenvalue weighted by atomic mass is 9.99. The third kappa shape index (κ3) is 3.56. The fourth-order valence-corrected chi connectivity index (χ4v) is 2.82. The Morgan fingerprint density at radius 2 is 2.21 bits per heavy atom. The number of carbonyl (C=O) groups excluding carboxylic acids is 1. The molecule has 4 heteroatoms. The molecular weight excluding hydrogens is 262 g/mol. The van der Waals surface area contributed by atoms with Gasteiger partial charge in [-0.1, -0.05) is 23.7 Å². The molecular formula is C15H20ClNO2. The molecule has 0 N–H and O–H groups in total. The normalized spacial score (nSPS) is 24.4. The summed E-state index contributed by atoms with van der Waals surface area (Å²) in [6, 6.07) is 7.60. The number of Topliss-reactive ketones (excluding diaryl/α,β-unsaturated/α-hetero) is 1. The number of ketones is 1. The van der Waals surface area contributed by atoms with Gasteiger partial charge in [-0.15, -0.1) is 0 Å². The minimum Gasteiger partial charge on any atom is -0.381 e. The summed E-state index contributed by atoms with van der Waals surface area (Å²) in [5, 5.41) is 0.534. The van der Waals surface area contributed by atoms with Crippen LogP contribution in [0.1, 0.15) is 30.1 Å². The summed E-state index contributed by atoms with van der Waals surface area (Å²) in [6.07, 6.45) is 2.28. The number of hydrogen-bond donors (Lipinski definition) is 0. The van der Waals surface area contributed by atoms with Gasteiger partial charge in [-0.3, -0.25) is 9.69 Å². The van der Waals surface area contributed by atoms with Gasteiger partial charge in [-0.25, -0.2) is 0 Å². The van der Waals surface area contributed by atoms with E-state index in [2.05, 4.69) is 11.8 Å². The van der Waals surface area contributed by atoms with Gasteiger partial charge in [0.15, 0.2) is 5.78 Å². The van der Waals surface area contributed by atoms with Crippen molar-refractivity contribution in [2.24, 2.45) is 0 Å². The molecule has 1 saturated heterocycles. The van der Waals surface area contributed by atoms with Crippen LogP contribution in [-0.4, -0.2) is 43.0 Å². The van der Waals surface area contributed by atoms with E-state index in [4.69, 9.17) is 16.3 Å². The highest BCUT2D eigenvalue weighted by molar-refractivity contribution is 6.34. The largest absolute Gasteiger partial charge is 0.381 e. The van der Waals surface area contributed by atoms with Gasteiger partial charge < -0.3 is 4.74 Å². The van der Waals surface area contributed by atoms with Crippen molar-refractivity contribution >= 4 is 17.4 Å². The fourth-order valence-electron chi connectivity index (χ4n) is 2.58. The Morgan fingerprint density at radius 1 is 1.47 bits per heavy atom. The summed E-state index contributed by atoms with van der Waals surface area (Å²) < 4.78 is 5.39. The van der Waals surface area contributed by atoms with Crippen molar-refractivity contribution in [3.8, 4) is 0 Å². The number of hydrogen-bond acceptors (Lipinski definition) is 3. The molecule has 19 heavy (non-hydrogen) atoms. The van der Waals surface area contributed by atoms with Crippen molar-refractivity contribution in [1.82, 2.24) is 4.90 Å². The minimum atomic E-state index is 0.0910. The zero-order valence-corrected chi connectivity index (χ0v) is 12.2. The van der Waals surface area contributed by atoms with E-state index in [9.17, 15) is 4.79 Å². The zero-order valence-electron chi connectivity index (χ0n) is 11.4. The highest BCUT2D eigenvalue weighted by Crippen LogP contribution is 2.21. The second-order valence-corrected chi connectivity index (χ2v) is 5.51. The quantitative estimate of drug-likeness (QED) is 0.795. The first-order valence-corrected chi connectivity index (χ1v) is 7.04. The molecule has 3 nitrogen and oxygen atoms in total. The molecule has 0 saturated carbocycles. The Hall–Kier alpha value is -0.900. The Labute approximate surface area is 119 Å². The molecule has 0 amide bonds. The zero-order chi connectivity index (χ0) is 13.8. The maximum atomic E-state index is 12.3. The lowest BCUT2D eigenvalue weighted by Gasteiger charge is -2.36. The van der Waals surface area contributed by atoms with Crippen molar-refractivity contribution in [3.05, 3.63) is 34.9 Å². The first-order valence-electron chi connectivity index (χ1n) is 6.66. The molecule has 1 aromatic rings. The number of carbonyl (C=O) groups is 1. The molecule has 1 aliphatic heterocycles. The van der Waals surface area contributed by atoms with Crippen molar-refractivity contribution < 1.29 is 9.53 Å². The molecule has 0 spiro atoms. The third-order valence-corrected chi connectivity index (χ3v) is 4.15. The maximum Gasteiger partial charge on any atom is 0.178 e. The van der Waals surface area contributed by atoms with Gasteiger partial charge in [0.2, 0.25) is 0 Å². The van der Waals surface area contributed by atoms with Gasteiger partial charge in [0, 0.05) is 25.3 Å². The summed E-state index contributed by atoms with van der Waals surface area (Å²) in [5.41, 5.74) is 0.616. The first-order chi connectivity index (χ1) is 9.11. The average Bonchev–Trinajstić information content (AvgIpc) is 2.41. The lowest BCUT2D eigenvalue weighted by molar-refractivity contribution is 0.0167. The van der Waals surface area contributed by atoms with Crippen LogP contribution >= 0.6 is 11.6 Å². The van der Waals surface area contributed by atoms with Crippen molar-refractivity contribution in [2.45, 2.75) is 31.9 Å². The molecule has 0 aromatic heterocycles. The van der Waals surface area contributed by atoms with Gasteiger partial charge in [-0.2, -0.15) is 0 Å². The standard InChI is InChI=1S/C15H20ClNO2/c1-11-9-12(19-2)7-8-17(11)10-15(18)13-5-3-4-6-14(13)16/h3-6,11-12H,7-10H2,1-2H3. The number of rotatable bonds is 4. The van der Waals surface area contributed by atoms with E-state index in [0.717, 1.165) is 19.4 Å². The molecule has 1 aromatic carbocycles. The summed E-state index contributed by atoms with van der Waals surface area (Å²) in [5.74, 6) is 0.0910. The SMILES string of the molecule is COC1CCN(CC(=O)c2ccccc2Cl)C(C)C1. The predicted molar refractivity (Wildman–Crippen MR) is 76.8 cm³/mol. The van der Waals surface area contributed by atoms with E-state index in [-0.39, 0.29) is 5.78 Å².